The first kappa shape index (κ1) is 13.2. The molecule has 8 heteroatoms. The minimum absolute atomic E-state index is 0.0294. The summed E-state index contributed by atoms with van der Waals surface area (Å²) in [6.07, 6.45) is -3.11. The molecule has 0 saturated heterocycles. The van der Waals surface area contributed by atoms with E-state index >= 15 is 0 Å². The molecule has 1 aromatic heterocycles. The minimum Gasteiger partial charge on any atom is -0.377 e. The molecule has 0 amide bonds. The molecule has 0 aliphatic carbocycles. The molecule has 17 heavy (non-hydrogen) atoms. The molecule has 0 bridgehead atoms. The molecule has 1 aromatic rings. The Hall–Kier alpha value is -1.86. The van der Waals surface area contributed by atoms with Gasteiger partial charge in [-0.3, -0.25) is 15.1 Å². The Morgan fingerprint density at radius 1 is 1.59 bits per heavy atom. The zero-order chi connectivity index (χ0) is 13.1. The highest BCUT2D eigenvalue weighted by Crippen LogP contribution is 2.26. The van der Waals surface area contributed by atoms with Gasteiger partial charge in [0.15, 0.2) is 0 Å². The predicted molar refractivity (Wildman–Crippen MR) is 54.6 cm³/mol. The predicted octanol–water partition coefficient (Wildman–Crippen LogP) is 2.74. The van der Waals surface area contributed by atoms with E-state index in [9.17, 15) is 23.3 Å². The monoisotopic (exact) mass is 249 g/mol. The second-order valence-corrected chi connectivity index (χ2v) is 3.51. The van der Waals surface area contributed by atoms with Gasteiger partial charge >= 0.3 is 11.9 Å². The standard InChI is InChI=1S/C9H10F3N3O2/c1-6(4-9(10,11)12)14-7-2-3-13-5-8(7)15(16)17/h2-3,5-6H,4H2,1H3,(H,13,14). The van der Waals surface area contributed by atoms with Gasteiger partial charge in [0.2, 0.25) is 0 Å². The average molecular weight is 249 g/mol. The number of hydrogen-bond acceptors (Lipinski definition) is 4. The van der Waals surface area contributed by atoms with Crippen LogP contribution in [0.25, 0.3) is 0 Å². The molecule has 0 aliphatic rings. The van der Waals surface area contributed by atoms with Gasteiger partial charge in [0.25, 0.3) is 0 Å². The molecular formula is C9H10F3N3O2. The molecule has 1 unspecified atom stereocenters. The Morgan fingerprint density at radius 3 is 2.76 bits per heavy atom. The second-order valence-electron chi connectivity index (χ2n) is 3.51. The van der Waals surface area contributed by atoms with Crippen LogP contribution in [0.15, 0.2) is 18.5 Å². The first-order chi connectivity index (χ1) is 7.79. The number of hydrogen-bond donors (Lipinski definition) is 1. The van der Waals surface area contributed by atoms with Gasteiger partial charge in [-0.15, -0.1) is 0 Å². The van der Waals surface area contributed by atoms with Gasteiger partial charge in [0.1, 0.15) is 11.9 Å². The van der Waals surface area contributed by atoms with Crippen molar-refractivity contribution < 1.29 is 18.1 Å². The summed E-state index contributed by atoms with van der Waals surface area (Å²) in [7, 11) is 0. The topological polar surface area (TPSA) is 68.1 Å². The fraction of sp³-hybridized carbons (Fsp3) is 0.444. The van der Waals surface area contributed by atoms with Gasteiger partial charge in [-0.1, -0.05) is 0 Å². The average Bonchev–Trinajstić information content (AvgIpc) is 2.14. The van der Waals surface area contributed by atoms with Crippen molar-refractivity contribution in [2.24, 2.45) is 0 Å². The van der Waals surface area contributed by atoms with E-state index < -0.39 is 23.6 Å². The zero-order valence-electron chi connectivity index (χ0n) is 8.86. The van der Waals surface area contributed by atoms with Crippen molar-refractivity contribution in [3.05, 3.63) is 28.6 Å². The van der Waals surface area contributed by atoms with Crippen LogP contribution in [0, 0.1) is 10.1 Å². The highest BCUT2D eigenvalue weighted by atomic mass is 19.4. The molecule has 94 valence electrons. The van der Waals surface area contributed by atoms with E-state index in [0.717, 1.165) is 6.20 Å². The lowest BCUT2D eigenvalue weighted by Gasteiger charge is -2.16. The van der Waals surface area contributed by atoms with Crippen LogP contribution in [0.1, 0.15) is 13.3 Å². The zero-order valence-corrected chi connectivity index (χ0v) is 8.86. The highest BCUT2D eigenvalue weighted by Gasteiger charge is 2.30. The van der Waals surface area contributed by atoms with E-state index in [4.69, 9.17) is 0 Å². The van der Waals surface area contributed by atoms with Crippen LogP contribution in [-0.2, 0) is 0 Å². The normalized spacial score (nSPS) is 13.2. The number of nitrogens with zero attached hydrogens (tertiary/aromatic N) is 2. The molecule has 0 saturated carbocycles. The molecule has 1 rings (SSSR count). The molecule has 0 fully saturated rings. The number of nitro groups is 1. The van der Waals surface area contributed by atoms with Gasteiger partial charge in [-0.05, 0) is 13.0 Å². The third-order valence-electron chi connectivity index (χ3n) is 1.94. The first-order valence-corrected chi connectivity index (χ1v) is 4.71. The summed E-state index contributed by atoms with van der Waals surface area (Å²) >= 11 is 0. The molecule has 1 heterocycles. The SMILES string of the molecule is CC(CC(F)(F)F)Nc1ccncc1[N+](=O)[O-]. The van der Waals surface area contributed by atoms with E-state index in [0.29, 0.717) is 0 Å². The van der Waals surface area contributed by atoms with E-state index in [-0.39, 0.29) is 11.4 Å². The lowest BCUT2D eigenvalue weighted by atomic mass is 10.2. The minimum atomic E-state index is -4.31. The van der Waals surface area contributed by atoms with Crippen LogP contribution in [0.3, 0.4) is 0 Å². The van der Waals surface area contributed by atoms with Gasteiger partial charge in [-0.2, -0.15) is 13.2 Å². The maximum Gasteiger partial charge on any atom is 0.391 e. The lowest BCUT2D eigenvalue weighted by Crippen LogP contribution is -2.24. The number of rotatable bonds is 4. The van der Waals surface area contributed by atoms with Crippen LogP contribution in [0.5, 0.6) is 0 Å². The van der Waals surface area contributed by atoms with E-state index in [2.05, 4.69) is 10.3 Å². The third kappa shape index (κ3) is 4.25. The Kier molecular flexibility index (Phi) is 3.87. The maximum atomic E-state index is 12.1. The van der Waals surface area contributed by atoms with Crippen LogP contribution in [0.2, 0.25) is 0 Å². The number of anilines is 1. The van der Waals surface area contributed by atoms with Crippen LogP contribution in [0.4, 0.5) is 24.5 Å². The summed E-state index contributed by atoms with van der Waals surface area (Å²) in [5, 5.41) is 13.0. The molecule has 0 spiro atoms. The molecule has 1 atom stereocenters. The van der Waals surface area contributed by atoms with Crippen molar-refractivity contribution in [1.29, 1.82) is 0 Å². The molecule has 0 radical (unpaired) electrons. The van der Waals surface area contributed by atoms with Crippen molar-refractivity contribution in [2.45, 2.75) is 25.6 Å². The molecular weight excluding hydrogens is 239 g/mol. The molecule has 5 nitrogen and oxygen atoms in total. The van der Waals surface area contributed by atoms with Crippen molar-refractivity contribution in [1.82, 2.24) is 4.98 Å². The van der Waals surface area contributed by atoms with Crippen LogP contribution < -0.4 is 5.32 Å². The largest absolute Gasteiger partial charge is 0.391 e. The second kappa shape index (κ2) is 4.98. The number of nitrogens with one attached hydrogen (secondary N) is 1. The Bertz CT molecular complexity index is 409. The summed E-state index contributed by atoms with van der Waals surface area (Å²) in [5.74, 6) is 0. The van der Waals surface area contributed by atoms with Crippen molar-refractivity contribution in [3.8, 4) is 0 Å². The quantitative estimate of drug-likeness (QED) is 0.658. The fourth-order valence-electron chi connectivity index (χ4n) is 1.32. The van der Waals surface area contributed by atoms with Crippen molar-refractivity contribution in [2.75, 3.05) is 5.32 Å². The maximum absolute atomic E-state index is 12.1. The summed E-state index contributed by atoms with van der Waals surface area (Å²) in [6, 6.07) is 0.321. The van der Waals surface area contributed by atoms with Gasteiger partial charge in [0.05, 0.1) is 11.3 Å². The number of halogens is 3. The Balaban J connectivity index is 2.78. The number of pyridine rings is 1. The summed E-state index contributed by atoms with van der Waals surface area (Å²) in [4.78, 5) is 13.4. The highest BCUT2D eigenvalue weighted by molar-refractivity contribution is 5.59. The van der Waals surface area contributed by atoms with Crippen LogP contribution >= 0.6 is 0 Å². The molecule has 0 aromatic carbocycles. The molecule has 0 aliphatic heterocycles. The smallest absolute Gasteiger partial charge is 0.377 e. The van der Waals surface area contributed by atoms with Crippen molar-refractivity contribution in [3.63, 3.8) is 0 Å². The van der Waals surface area contributed by atoms with Gasteiger partial charge < -0.3 is 5.32 Å². The van der Waals surface area contributed by atoms with E-state index in [1.807, 2.05) is 0 Å². The van der Waals surface area contributed by atoms with Crippen LogP contribution in [-0.4, -0.2) is 22.1 Å². The summed E-state index contributed by atoms with van der Waals surface area (Å²) in [6.45, 7) is 1.30. The van der Waals surface area contributed by atoms with Gasteiger partial charge in [0, 0.05) is 12.2 Å². The molecule has 1 N–H and O–H groups in total. The number of alkyl halides is 3. The lowest BCUT2D eigenvalue weighted by molar-refractivity contribution is -0.384. The van der Waals surface area contributed by atoms with Crippen molar-refractivity contribution >= 4 is 11.4 Å². The summed E-state index contributed by atoms with van der Waals surface area (Å²) < 4.78 is 36.2. The fourth-order valence-corrected chi connectivity index (χ4v) is 1.32. The Labute approximate surface area is 94.8 Å². The number of aromatic nitrogens is 1. The van der Waals surface area contributed by atoms with Gasteiger partial charge in [-0.25, -0.2) is 0 Å². The van der Waals surface area contributed by atoms with E-state index in [1.165, 1.54) is 19.2 Å². The Morgan fingerprint density at radius 2 is 2.24 bits per heavy atom. The third-order valence-corrected chi connectivity index (χ3v) is 1.94. The first-order valence-electron chi connectivity index (χ1n) is 4.71. The summed E-state index contributed by atoms with van der Waals surface area (Å²) in [5.41, 5.74) is -0.316. The van der Waals surface area contributed by atoms with E-state index in [1.54, 1.807) is 0 Å².